The average molecular weight is 259 g/mol. The van der Waals surface area contributed by atoms with Crippen molar-refractivity contribution in [1.29, 1.82) is 0 Å². The SMILES string of the molecule is Cc1ccc(CN2CCCC(C3CCCN3)C2)cn1. The van der Waals surface area contributed by atoms with Crippen LogP contribution in [0.4, 0.5) is 0 Å². The summed E-state index contributed by atoms with van der Waals surface area (Å²) in [5.41, 5.74) is 2.46. The molecule has 1 N–H and O–H groups in total. The highest BCUT2D eigenvalue weighted by Gasteiger charge is 2.28. The van der Waals surface area contributed by atoms with Gasteiger partial charge < -0.3 is 5.32 Å². The Balaban J connectivity index is 1.57. The number of hydrogen-bond acceptors (Lipinski definition) is 3. The summed E-state index contributed by atoms with van der Waals surface area (Å²) in [4.78, 5) is 7.01. The first kappa shape index (κ1) is 13.1. The second-order valence-electron chi connectivity index (χ2n) is 6.15. The maximum atomic E-state index is 4.40. The molecule has 3 heteroatoms. The molecule has 3 nitrogen and oxygen atoms in total. The first-order valence-corrected chi connectivity index (χ1v) is 7.68. The molecule has 3 rings (SSSR count). The van der Waals surface area contributed by atoms with E-state index in [2.05, 4.69) is 27.3 Å². The zero-order valence-corrected chi connectivity index (χ0v) is 11.9. The predicted molar refractivity (Wildman–Crippen MR) is 78.0 cm³/mol. The number of hydrogen-bond donors (Lipinski definition) is 1. The van der Waals surface area contributed by atoms with Gasteiger partial charge in [-0.1, -0.05) is 6.07 Å². The van der Waals surface area contributed by atoms with Crippen molar-refractivity contribution in [1.82, 2.24) is 15.2 Å². The molecule has 104 valence electrons. The summed E-state index contributed by atoms with van der Waals surface area (Å²) in [5.74, 6) is 0.856. The molecule has 0 amide bonds. The van der Waals surface area contributed by atoms with Crippen molar-refractivity contribution in [3.05, 3.63) is 29.6 Å². The fraction of sp³-hybridized carbons (Fsp3) is 0.688. The smallest absolute Gasteiger partial charge is 0.0372 e. The molecular formula is C16H25N3. The largest absolute Gasteiger partial charge is 0.314 e. The molecule has 3 heterocycles. The van der Waals surface area contributed by atoms with Crippen molar-refractivity contribution in [2.24, 2.45) is 5.92 Å². The molecule has 0 aromatic carbocycles. The third kappa shape index (κ3) is 3.34. The number of aromatic nitrogens is 1. The van der Waals surface area contributed by atoms with E-state index in [1.165, 1.54) is 50.9 Å². The molecule has 0 aliphatic carbocycles. The molecule has 0 bridgehead atoms. The van der Waals surface area contributed by atoms with Gasteiger partial charge >= 0.3 is 0 Å². The maximum Gasteiger partial charge on any atom is 0.0372 e. The van der Waals surface area contributed by atoms with Crippen LogP contribution in [0.5, 0.6) is 0 Å². The van der Waals surface area contributed by atoms with Crippen LogP contribution in [0.2, 0.25) is 0 Å². The second kappa shape index (κ2) is 6.02. The van der Waals surface area contributed by atoms with Crippen LogP contribution in [0, 0.1) is 12.8 Å². The van der Waals surface area contributed by atoms with E-state index in [9.17, 15) is 0 Å². The Kier molecular flexibility index (Phi) is 4.14. The van der Waals surface area contributed by atoms with E-state index < -0.39 is 0 Å². The van der Waals surface area contributed by atoms with E-state index >= 15 is 0 Å². The van der Waals surface area contributed by atoms with Gasteiger partial charge in [0.1, 0.15) is 0 Å². The molecule has 2 aliphatic heterocycles. The number of rotatable bonds is 3. The van der Waals surface area contributed by atoms with E-state index in [4.69, 9.17) is 0 Å². The van der Waals surface area contributed by atoms with Crippen molar-refractivity contribution < 1.29 is 0 Å². The monoisotopic (exact) mass is 259 g/mol. The van der Waals surface area contributed by atoms with Gasteiger partial charge in [0.15, 0.2) is 0 Å². The van der Waals surface area contributed by atoms with E-state index in [0.29, 0.717) is 0 Å². The van der Waals surface area contributed by atoms with E-state index in [-0.39, 0.29) is 0 Å². The lowest BCUT2D eigenvalue weighted by Gasteiger charge is -2.35. The molecule has 1 aromatic rings. The summed E-state index contributed by atoms with van der Waals surface area (Å²) in [6.45, 7) is 6.84. The van der Waals surface area contributed by atoms with Gasteiger partial charge in [-0.25, -0.2) is 0 Å². The minimum Gasteiger partial charge on any atom is -0.314 e. The van der Waals surface area contributed by atoms with Crippen LogP contribution in [-0.2, 0) is 6.54 Å². The summed E-state index contributed by atoms with van der Waals surface area (Å²) < 4.78 is 0. The summed E-state index contributed by atoms with van der Waals surface area (Å²) in [6.07, 6.45) is 7.53. The minimum atomic E-state index is 0.777. The standard InChI is InChI=1S/C16H25N3/c1-13-6-7-14(10-18-13)11-19-9-3-4-15(12-19)16-5-2-8-17-16/h6-7,10,15-17H,2-5,8-9,11-12H2,1H3. The molecule has 0 spiro atoms. The van der Waals surface area contributed by atoms with Crippen molar-refractivity contribution >= 4 is 0 Å². The van der Waals surface area contributed by atoms with Crippen LogP contribution < -0.4 is 5.32 Å². The van der Waals surface area contributed by atoms with Crippen molar-refractivity contribution in [2.45, 2.75) is 45.2 Å². The molecule has 1 aromatic heterocycles. The van der Waals surface area contributed by atoms with Crippen LogP contribution in [0.15, 0.2) is 18.3 Å². The average Bonchev–Trinajstić information content (AvgIpc) is 2.96. The van der Waals surface area contributed by atoms with E-state index in [1.807, 2.05) is 13.1 Å². The maximum absolute atomic E-state index is 4.40. The van der Waals surface area contributed by atoms with Crippen molar-refractivity contribution in [3.63, 3.8) is 0 Å². The van der Waals surface area contributed by atoms with Gasteiger partial charge in [0.25, 0.3) is 0 Å². The van der Waals surface area contributed by atoms with Gasteiger partial charge in [-0.05, 0) is 63.2 Å². The van der Waals surface area contributed by atoms with Crippen LogP contribution >= 0.6 is 0 Å². The molecule has 0 radical (unpaired) electrons. The Morgan fingerprint density at radius 1 is 1.32 bits per heavy atom. The Morgan fingerprint density at radius 2 is 2.26 bits per heavy atom. The molecule has 19 heavy (non-hydrogen) atoms. The third-order valence-electron chi connectivity index (χ3n) is 4.59. The highest BCUT2D eigenvalue weighted by molar-refractivity contribution is 5.13. The number of nitrogens with zero attached hydrogens (tertiary/aromatic N) is 2. The molecule has 2 unspecified atom stereocenters. The van der Waals surface area contributed by atoms with Gasteiger partial charge in [-0.15, -0.1) is 0 Å². The first-order chi connectivity index (χ1) is 9.31. The van der Waals surface area contributed by atoms with Gasteiger partial charge in [0, 0.05) is 31.0 Å². The molecule has 2 saturated heterocycles. The lowest BCUT2D eigenvalue weighted by atomic mass is 9.89. The summed E-state index contributed by atoms with van der Waals surface area (Å²) >= 11 is 0. The number of nitrogens with one attached hydrogen (secondary N) is 1. The fourth-order valence-electron chi connectivity index (χ4n) is 3.53. The fourth-order valence-corrected chi connectivity index (χ4v) is 3.53. The lowest BCUT2D eigenvalue weighted by molar-refractivity contribution is 0.145. The molecular weight excluding hydrogens is 234 g/mol. The Bertz CT molecular complexity index is 395. The Hall–Kier alpha value is -0.930. The van der Waals surface area contributed by atoms with Crippen LogP contribution in [-0.4, -0.2) is 35.6 Å². The highest BCUT2D eigenvalue weighted by atomic mass is 15.1. The van der Waals surface area contributed by atoms with Crippen LogP contribution in [0.3, 0.4) is 0 Å². The van der Waals surface area contributed by atoms with Gasteiger partial charge in [-0.2, -0.15) is 0 Å². The molecule has 2 aliphatic rings. The summed E-state index contributed by atoms with van der Waals surface area (Å²) in [6, 6.07) is 5.12. The lowest BCUT2D eigenvalue weighted by Crippen LogP contribution is -2.43. The molecule has 2 fully saturated rings. The number of pyridine rings is 1. The number of piperidine rings is 1. The van der Waals surface area contributed by atoms with Gasteiger partial charge in [0.05, 0.1) is 0 Å². The topological polar surface area (TPSA) is 28.2 Å². The molecule has 0 saturated carbocycles. The number of aryl methyl sites for hydroxylation is 1. The zero-order chi connectivity index (χ0) is 13.1. The highest BCUT2D eigenvalue weighted by Crippen LogP contribution is 2.25. The van der Waals surface area contributed by atoms with Gasteiger partial charge in [0.2, 0.25) is 0 Å². The van der Waals surface area contributed by atoms with Crippen LogP contribution in [0.25, 0.3) is 0 Å². The quantitative estimate of drug-likeness (QED) is 0.903. The Morgan fingerprint density at radius 3 is 3.00 bits per heavy atom. The second-order valence-corrected chi connectivity index (χ2v) is 6.15. The molecule has 2 atom stereocenters. The normalized spacial score (nSPS) is 28.7. The Labute approximate surface area is 116 Å². The van der Waals surface area contributed by atoms with E-state index in [1.54, 1.807) is 0 Å². The minimum absolute atomic E-state index is 0.777. The van der Waals surface area contributed by atoms with Crippen LogP contribution in [0.1, 0.15) is 36.9 Å². The third-order valence-corrected chi connectivity index (χ3v) is 4.59. The van der Waals surface area contributed by atoms with Gasteiger partial charge in [-0.3, -0.25) is 9.88 Å². The summed E-state index contributed by atoms with van der Waals surface area (Å²) in [5, 5.41) is 3.68. The van der Waals surface area contributed by atoms with Crippen molar-refractivity contribution in [3.8, 4) is 0 Å². The summed E-state index contributed by atoms with van der Waals surface area (Å²) in [7, 11) is 0. The number of likely N-dealkylation sites (tertiary alicyclic amines) is 1. The predicted octanol–water partition coefficient (Wildman–Crippen LogP) is 2.35. The zero-order valence-electron chi connectivity index (χ0n) is 11.9. The van der Waals surface area contributed by atoms with Crippen molar-refractivity contribution in [2.75, 3.05) is 19.6 Å². The van der Waals surface area contributed by atoms with E-state index in [0.717, 1.165) is 24.2 Å². The first-order valence-electron chi connectivity index (χ1n) is 7.68.